The van der Waals surface area contributed by atoms with Gasteiger partial charge in [0.1, 0.15) is 0 Å². The number of rotatable bonds is 5. The lowest BCUT2D eigenvalue weighted by atomic mass is 9.83. The van der Waals surface area contributed by atoms with Crippen LogP contribution in [0.4, 0.5) is 0 Å². The van der Waals surface area contributed by atoms with E-state index in [1.54, 1.807) is 6.07 Å². The summed E-state index contributed by atoms with van der Waals surface area (Å²) >= 11 is 6.01. The Labute approximate surface area is 136 Å². The molecule has 3 N–H and O–H groups in total. The molecule has 1 atom stereocenters. The van der Waals surface area contributed by atoms with E-state index in [1.165, 1.54) is 0 Å². The number of amides is 1. The van der Waals surface area contributed by atoms with E-state index in [0.29, 0.717) is 11.6 Å². The topological polar surface area (TPSA) is 55.1 Å². The molecule has 1 unspecified atom stereocenters. The van der Waals surface area contributed by atoms with Gasteiger partial charge in [-0.25, -0.2) is 0 Å². The third-order valence-corrected chi connectivity index (χ3v) is 4.06. The molecule has 4 heteroatoms. The van der Waals surface area contributed by atoms with Crippen molar-refractivity contribution in [1.82, 2.24) is 5.32 Å². The minimum Gasteiger partial charge on any atom is -0.353 e. The quantitative estimate of drug-likeness (QED) is 0.888. The Bertz CT molecular complexity index is 641. The van der Waals surface area contributed by atoms with Crippen molar-refractivity contribution in [2.45, 2.75) is 25.3 Å². The van der Waals surface area contributed by atoms with Crippen molar-refractivity contribution in [2.75, 3.05) is 6.54 Å². The fourth-order valence-corrected chi connectivity index (χ4v) is 2.44. The largest absolute Gasteiger partial charge is 0.353 e. The fraction of sp³-hybridized carbons (Fsp3) is 0.278. The van der Waals surface area contributed by atoms with E-state index < -0.39 is 5.41 Å². The Hall–Kier alpha value is -1.84. The van der Waals surface area contributed by atoms with Crippen molar-refractivity contribution in [3.63, 3.8) is 0 Å². The maximum absolute atomic E-state index is 12.5. The molecule has 0 saturated heterocycles. The summed E-state index contributed by atoms with van der Waals surface area (Å²) in [6, 6.07) is 16.9. The highest BCUT2D eigenvalue weighted by Crippen LogP contribution is 2.26. The van der Waals surface area contributed by atoms with Crippen LogP contribution in [0.25, 0.3) is 0 Å². The molecule has 0 saturated carbocycles. The van der Waals surface area contributed by atoms with Crippen LogP contribution in [0.15, 0.2) is 54.6 Å². The molecule has 0 aliphatic heterocycles. The van der Waals surface area contributed by atoms with Crippen molar-refractivity contribution in [1.29, 1.82) is 0 Å². The van der Waals surface area contributed by atoms with Crippen molar-refractivity contribution in [3.8, 4) is 0 Å². The molecule has 116 valence electrons. The Balaban J connectivity index is 2.02. The Morgan fingerprint density at radius 1 is 1.18 bits per heavy atom. The van der Waals surface area contributed by atoms with Gasteiger partial charge in [0, 0.05) is 17.6 Å². The van der Waals surface area contributed by atoms with Crippen molar-refractivity contribution in [3.05, 3.63) is 70.7 Å². The van der Waals surface area contributed by atoms with Crippen LogP contribution in [0.5, 0.6) is 0 Å². The average molecular weight is 317 g/mol. The summed E-state index contributed by atoms with van der Waals surface area (Å²) in [5.74, 6) is -0.0684. The third-order valence-electron chi connectivity index (χ3n) is 3.82. The summed E-state index contributed by atoms with van der Waals surface area (Å²) in [6.45, 7) is 4.15. The molecule has 0 fully saturated rings. The predicted octanol–water partition coefficient (Wildman–Crippen LogP) is 3.43. The molecule has 0 aromatic heterocycles. The number of nitrogens with one attached hydrogen (secondary N) is 1. The number of carbonyl (C=O) groups is 1. The first kappa shape index (κ1) is 16.5. The molecule has 0 aliphatic carbocycles. The van der Waals surface area contributed by atoms with Crippen LogP contribution in [0.2, 0.25) is 5.02 Å². The Kier molecular flexibility index (Phi) is 5.22. The van der Waals surface area contributed by atoms with E-state index >= 15 is 0 Å². The van der Waals surface area contributed by atoms with Gasteiger partial charge >= 0.3 is 0 Å². The first-order chi connectivity index (χ1) is 10.4. The molecule has 0 radical (unpaired) electrons. The average Bonchev–Trinajstić information content (AvgIpc) is 2.53. The minimum absolute atomic E-state index is 0.0684. The SMILES string of the molecule is CC(C)(C(=O)NCC(N)c1ccccc1)c1cccc(Cl)c1. The highest BCUT2D eigenvalue weighted by Gasteiger charge is 2.30. The predicted molar refractivity (Wildman–Crippen MR) is 90.9 cm³/mol. The van der Waals surface area contributed by atoms with Gasteiger partial charge in [-0.2, -0.15) is 0 Å². The number of carbonyl (C=O) groups excluding carboxylic acids is 1. The highest BCUT2D eigenvalue weighted by molar-refractivity contribution is 6.30. The molecule has 0 aliphatic rings. The van der Waals surface area contributed by atoms with Gasteiger partial charge in [0.2, 0.25) is 5.91 Å². The molecule has 22 heavy (non-hydrogen) atoms. The van der Waals surface area contributed by atoms with Gasteiger partial charge in [-0.15, -0.1) is 0 Å². The Morgan fingerprint density at radius 3 is 2.50 bits per heavy atom. The lowest BCUT2D eigenvalue weighted by Gasteiger charge is -2.25. The van der Waals surface area contributed by atoms with Crippen molar-refractivity contribution in [2.24, 2.45) is 5.73 Å². The van der Waals surface area contributed by atoms with Gasteiger partial charge < -0.3 is 11.1 Å². The highest BCUT2D eigenvalue weighted by atomic mass is 35.5. The number of hydrogen-bond acceptors (Lipinski definition) is 2. The monoisotopic (exact) mass is 316 g/mol. The van der Waals surface area contributed by atoms with Gasteiger partial charge in [0.05, 0.1) is 5.41 Å². The fourth-order valence-electron chi connectivity index (χ4n) is 2.25. The first-order valence-electron chi connectivity index (χ1n) is 7.26. The van der Waals surface area contributed by atoms with E-state index in [2.05, 4.69) is 5.32 Å². The number of hydrogen-bond donors (Lipinski definition) is 2. The van der Waals surface area contributed by atoms with Crippen LogP contribution in [-0.4, -0.2) is 12.5 Å². The van der Waals surface area contributed by atoms with Gasteiger partial charge in [-0.1, -0.05) is 54.1 Å². The summed E-state index contributed by atoms with van der Waals surface area (Å²) in [7, 11) is 0. The van der Waals surface area contributed by atoms with Crippen LogP contribution in [0.1, 0.15) is 31.0 Å². The van der Waals surface area contributed by atoms with E-state index in [4.69, 9.17) is 17.3 Å². The molecular weight excluding hydrogens is 296 g/mol. The van der Waals surface area contributed by atoms with Crippen LogP contribution < -0.4 is 11.1 Å². The van der Waals surface area contributed by atoms with Crippen LogP contribution in [0.3, 0.4) is 0 Å². The lowest BCUT2D eigenvalue weighted by Crippen LogP contribution is -2.42. The maximum atomic E-state index is 12.5. The second-order valence-corrected chi connectivity index (χ2v) is 6.30. The minimum atomic E-state index is -0.665. The molecule has 3 nitrogen and oxygen atoms in total. The van der Waals surface area contributed by atoms with Gasteiger partial charge in [0.25, 0.3) is 0 Å². The van der Waals surface area contributed by atoms with Crippen LogP contribution >= 0.6 is 11.6 Å². The van der Waals surface area contributed by atoms with Gasteiger partial charge in [0.15, 0.2) is 0 Å². The number of nitrogens with two attached hydrogens (primary N) is 1. The van der Waals surface area contributed by atoms with Crippen molar-refractivity contribution < 1.29 is 4.79 Å². The van der Waals surface area contributed by atoms with Crippen LogP contribution in [-0.2, 0) is 10.2 Å². The van der Waals surface area contributed by atoms with E-state index in [-0.39, 0.29) is 11.9 Å². The molecule has 2 rings (SSSR count). The van der Waals surface area contributed by atoms with E-state index in [1.807, 2.05) is 62.4 Å². The van der Waals surface area contributed by atoms with Crippen molar-refractivity contribution >= 4 is 17.5 Å². The standard InChI is InChI=1S/C18H21ClN2O/c1-18(2,14-9-6-10-15(19)11-14)17(22)21-12-16(20)13-7-4-3-5-8-13/h3-11,16H,12,20H2,1-2H3,(H,21,22). The Morgan fingerprint density at radius 2 is 1.86 bits per heavy atom. The summed E-state index contributed by atoms with van der Waals surface area (Å²) < 4.78 is 0. The zero-order chi connectivity index (χ0) is 16.2. The molecule has 0 spiro atoms. The molecule has 0 bridgehead atoms. The van der Waals surface area contributed by atoms with Gasteiger partial charge in [-0.05, 0) is 37.1 Å². The maximum Gasteiger partial charge on any atom is 0.230 e. The normalized spacial score (nSPS) is 12.7. The molecule has 1 amide bonds. The summed E-state index contributed by atoms with van der Waals surface area (Å²) in [5.41, 5.74) is 7.33. The summed E-state index contributed by atoms with van der Waals surface area (Å²) in [6.07, 6.45) is 0. The number of benzene rings is 2. The van der Waals surface area contributed by atoms with Gasteiger partial charge in [-0.3, -0.25) is 4.79 Å². The molecular formula is C18H21ClN2O. The first-order valence-corrected chi connectivity index (χ1v) is 7.64. The third kappa shape index (κ3) is 3.87. The summed E-state index contributed by atoms with van der Waals surface area (Å²) in [4.78, 5) is 12.5. The zero-order valence-electron chi connectivity index (χ0n) is 12.8. The summed E-state index contributed by atoms with van der Waals surface area (Å²) in [5, 5.41) is 3.56. The second kappa shape index (κ2) is 6.95. The smallest absolute Gasteiger partial charge is 0.230 e. The second-order valence-electron chi connectivity index (χ2n) is 5.86. The molecule has 2 aromatic carbocycles. The molecule has 2 aromatic rings. The van der Waals surface area contributed by atoms with E-state index in [9.17, 15) is 4.79 Å². The lowest BCUT2D eigenvalue weighted by molar-refractivity contribution is -0.125. The van der Waals surface area contributed by atoms with Crippen LogP contribution in [0, 0.1) is 0 Å². The zero-order valence-corrected chi connectivity index (χ0v) is 13.6. The van der Waals surface area contributed by atoms with E-state index in [0.717, 1.165) is 11.1 Å². The number of halogens is 1. The molecule has 0 heterocycles.